The van der Waals surface area contributed by atoms with Crippen LogP contribution in [0.3, 0.4) is 0 Å². The number of aliphatic hydroxyl groups excluding tert-OH is 1. The summed E-state index contributed by atoms with van der Waals surface area (Å²) in [6, 6.07) is 17.5. The number of likely N-dealkylation sites (tertiary alicyclic amines) is 1. The second kappa shape index (κ2) is 10.4. The number of nitrogens with zero attached hydrogens (tertiary/aromatic N) is 1. The lowest BCUT2D eigenvalue weighted by Gasteiger charge is -2.26. The lowest BCUT2D eigenvalue weighted by Crippen LogP contribution is -2.36. The summed E-state index contributed by atoms with van der Waals surface area (Å²) in [5, 5.41) is 10.1. The van der Waals surface area contributed by atoms with Gasteiger partial charge in [0, 0.05) is 19.1 Å². The number of esters is 1. The summed E-state index contributed by atoms with van der Waals surface area (Å²) < 4.78 is 10.7. The van der Waals surface area contributed by atoms with E-state index in [1.807, 2.05) is 61.5 Å². The first-order valence-corrected chi connectivity index (χ1v) is 10.3. The van der Waals surface area contributed by atoms with Crippen LogP contribution < -0.4 is 4.74 Å². The van der Waals surface area contributed by atoms with Crippen LogP contribution in [0.2, 0.25) is 0 Å². The standard InChI is InChI=1S/C25H31NO4/c1-18(2)23-15-26(14-19-9-11-21(29-3)12-10-19)24(16-27)22(23)13-25(28)30-17-20-7-5-4-6-8-20/h4-12,22-24,27H,1,13-17H2,2-3H3/t22-,23+,24+/m0/s1. The van der Waals surface area contributed by atoms with Gasteiger partial charge in [-0.1, -0.05) is 54.6 Å². The van der Waals surface area contributed by atoms with Crippen LogP contribution in [0.1, 0.15) is 24.5 Å². The number of hydrogen-bond donors (Lipinski definition) is 1. The van der Waals surface area contributed by atoms with Crippen LogP contribution in [0.15, 0.2) is 66.7 Å². The Morgan fingerprint density at radius 2 is 1.83 bits per heavy atom. The number of benzene rings is 2. The highest BCUT2D eigenvalue weighted by atomic mass is 16.5. The highest BCUT2D eigenvalue weighted by Gasteiger charge is 2.42. The number of rotatable bonds is 9. The number of aliphatic hydroxyl groups is 1. The fraction of sp³-hybridized carbons (Fsp3) is 0.400. The van der Waals surface area contributed by atoms with Crippen LogP contribution in [-0.2, 0) is 22.7 Å². The Balaban J connectivity index is 1.66. The maximum absolute atomic E-state index is 12.6. The van der Waals surface area contributed by atoms with E-state index < -0.39 is 0 Å². The van der Waals surface area contributed by atoms with Gasteiger partial charge in [0.1, 0.15) is 12.4 Å². The summed E-state index contributed by atoms with van der Waals surface area (Å²) in [6.45, 7) is 7.88. The fourth-order valence-electron chi connectivity index (χ4n) is 4.25. The average molecular weight is 410 g/mol. The zero-order chi connectivity index (χ0) is 21.5. The molecule has 1 fully saturated rings. The molecule has 5 nitrogen and oxygen atoms in total. The molecule has 0 radical (unpaired) electrons. The molecule has 1 N–H and O–H groups in total. The summed E-state index contributed by atoms with van der Waals surface area (Å²) in [5.74, 6) is 0.705. The van der Waals surface area contributed by atoms with E-state index in [9.17, 15) is 9.90 Å². The Labute approximate surface area is 178 Å². The molecule has 0 aliphatic carbocycles. The van der Waals surface area contributed by atoms with Gasteiger partial charge < -0.3 is 14.6 Å². The molecule has 3 atom stereocenters. The average Bonchev–Trinajstić information content (AvgIpc) is 3.10. The molecule has 0 saturated carbocycles. The van der Waals surface area contributed by atoms with Crippen molar-refractivity contribution in [1.29, 1.82) is 0 Å². The lowest BCUT2D eigenvalue weighted by atomic mass is 9.84. The zero-order valence-electron chi connectivity index (χ0n) is 17.8. The smallest absolute Gasteiger partial charge is 0.306 e. The molecule has 0 spiro atoms. The van der Waals surface area contributed by atoms with Crippen molar-refractivity contribution in [3.05, 3.63) is 77.9 Å². The van der Waals surface area contributed by atoms with Gasteiger partial charge in [-0.2, -0.15) is 0 Å². The number of hydrogen-bond acceptors (Lipinski definition) is 5. The van der Waals surface area contributed by atoms with Gasteiger partial charge in [-0.15, -0.1) is 0 Å². The molecule has 30 heavy (non-hydrogen) atoms. The van der Waals surface area contributed by atoms with Crippen LogP contribution >= 0.6 is 0 Å². The maximum atomic E-state index is 12.6. The van der Waals surface area contributed by atoms with E-state index in [2.05, 4.69) is 11.5 Å². The van der Waals surface area contributed by atoms with Crippen molar-refractivity contribution in [2.75, 3.05) is 20.3 Å². The van der Waals surface area contributed by atoms with Crippen molar-refractivity contribution in [3.8, 4) is 5.75 Å². The molecule has 2 aromatic carbocycles. The van der Waals surface area contributed by atoms with Gasteiger partial charge in [-0.3, -0.25) is 9.69 Å². The third-order valence-corrected chi connectivity index (χ3v) is 5.92. The minimum absolute atomic E-state index is 0.00341. The number of carbonyl (C=O) groups is 1. The molecule has 0 unspecified atom stereocenters. The normalized spacial score (nSPS) is 21.4. The first-order chi connectivity index (χ1) is 14.5. The van der Waals surface area contributed by atoms with Crippen molar-refractivity contribution in [1.82, 2.24) is 4.90 Å². The van der Waals surface area contributed by atoms with Crippen molar-refractivity contribution in [2.45, 2.75) is 32.5 Å². The first-order valence-electron chi connectivity index (χ1n) is 10.3. The summed E-state index contributed by atoms with van der Waals surface area (Å²) in [5.41, 5.74) is 3.14. The molecule has 1 heterocycles. The molecule has 5 heteroatoms. The quantitative estimate of drug-likeness (QED) is 0.504. The van der Waals surface area contributed by atoms with Crippen LogP contribution in [-0.4, -0.2) is 42.3 Å². The van der Waals surface area contributed by atoms with E-state index in [-0.39, 0.29) is 43.5 Å². The Hall–Kier alpha value is -2.63. The minimum Gasteiger partial charge on any atom is -0.497 e. The van der Waals surface area contributed by atoms with E-state index in [0.29, 0.717) is 6.54 Å². The highest BCUT2D eigenvalue weighted by Crippen LogP contribution is 2.37. The predicted molar refractivity (Wildman–Crippen MR) is 117 cm³/mol. The van der Waals surface area contributed by atoms with Crippen LogP contribution in [0.4, 0.5) is 0 Å². The van der Waals surface area contributed by atoms with Crippen molar-refractivity contribution in [2.24, 2.45) is 11.8 Å². The molecule has 0 aromatic heterocycles. The van der Waals surface area contributed by atoms with Crippen molar-refractivity contribution < 1.29 is 19.4 Å². The third kappa shape index (κ3) is 5.49. The topological polar surface area (TPSA) is 59.0 Å². The summed E-state index contributed by atoms with van der Waals surface area (Å²) >= 11 is 0. The predicted octanol–water partition coefficient (Wildman–Crippen LogP) is 3.81. The van der Waals surface area contributed by atoms with Gasteiger partial charge in [0.25, 0.3) is 0 Å². The molecule has 0 amide bonds. The van der Waals surface area contributed by atoms with Gasteiger partial charge >= 0.3 is 5.97 Å². The Kier molecular flexibility index (Phi) is 7.66. The maximum Gasteiger partial charge on any atom is 0.306 e. The second-order valence-corrected chi connectivity index (χ2v) is 7.99. The monoisotopic (exact) mass is 409 g/mol. The SMILES string of the molecule is C=C(C)[C@H]1CN(Cc2ccc(OC)cc2)[C@H](CO)[C@H]1CC(=O)OCc1ccccc1. The summed E-state index contributed by atoms with van der Waals surface area (Å²) in [7, 11) is 1.65. The Morgan fingerprint density at radius 1 is 1.13 bits per heavy atom. The lowest BCUT2D eigenvalue weighted by molar-refractivity contribution is -0.146. The van der Waals surface area contributed by atoms with E-state index >= 15 is 0 Å². The number of carbonyl (C=O) groups excluding carboxylic acids is 1. The molecular weight excluding hydrogens is 378 g/mol. The molecular formula is C25H31NO4. The largest absolute Gasteiger partial charge is 0.497 e. The Morgan fingerprint density at radius 3 is 2.43 bits per heavy atom. The van der Waals surface area contributed by atoms with E-state index in [4.69, 9.17) is 9.47 Å². The van der Waals surface area contributed by atoms with E-state index in [0.717, 1.165) is 29.0 Å². The van der Waals surface area contributed by atoms with Gasteiger partial charge in [-0.25, -0.2) is 0 Å². The summed E-state index contributed by atoms with van der Waals surface area (Å²) in [6.07, 6.45) is 0.273. The van der Waals surface area contributed by atoms with Gasteiger partial charge in [0.15, 0.2) is 0 Å². The van der Waals surface area contributed by atoms with Gasteiger partial charge in [0.2, 0.25) is 0 Å². The fourth-order valence-corrected chi connectivity index (χ4v) is 4.25. The first kappa shape index (κ1) is 22.1. The molecule has 1 aliphatic rings. The Bertz CT molecular complexity index is 834. The van der Waals surface area contributed by atoms with Crippen molar-refractivity contribution >= 4 is 5.97 Å². The molecule has 0 bridgehead atoms. The number of methoxy groups -OCH3 is 1. The van der Waals surface area contributed by atoms with Crippen LogP contribution in [0.5, 0.6) is 5.75 Å². The highest BCUT2D eigenvalue weighted by molar-refractivity contribution is 5.70. The molecule has 2 aromatic rings. The van der Waals surface area contributed by atoms with Gasteiger partial charge in [-0.05, 0) is 42.0 Å². The summed E-state index contributed by atoms with van der Waals surface area (Å²) in [4.78, 5) is 14.8. The zero-order valence-corrected chi connectivity index (χ0v) is 17.8. The minimum atomic E-state index is -0.236. The van der Waals surface area contributed by atoms with Crippen molar-refractivity contribution in [3.63, 3.8) is 0 Å². The second-order valence-electron chi connectivity index (χ2n) is 7.99. The van der Waals surface area contributed by atoms with E-state index in [1.54, 1.807) is 7.11 Å². The van der Waals surface area contributed by atoms with Crippen LogP contribution in [0.25, 0.3) is 0 Å². The number of ether oxygens (including phenoxy) is 2. The van der Waals surface area contributed by atoms with E-state index in [1.165, 1.54) is 0 Å². The molecule has 1 saturated heterocycles. The molecule has 3 rings (SSSR count). The third-order valence-electron chi connectivity index (χ3n) is 5.92. The molecule has 160 valence electrons. The molecule has 1 aliphatic heterocycles. The van der Waals surface area contributed by atoms with Crippen LogP contribution in [0, 0.1) is 11.8 Å². The van der Waals surface area contributed by atoms with Gasteiger partial charge in [0.05, 0.1) is 20.1 Å².